The molecule has 1 aromatic carbocycles. The van der Waals surface area contributed by atoms with Crippen molar-refractivity contribution >= 4 is 17.5 Å². The molecule has 1 rings (SSSR count). The molecule has 0 unspecified atom stereocenters. The van der Waals surface area contributed by atoms with Crippen molar-refractivity contribution in [2.24, 2.45) is 0 Å². The zero-order chi connectivity index (χ0) is 12.0. The van der Waals surface area contributed by atoms with Crippen molar-refractivity contribution in [2.45, 2.75) is 20.4 Å². The predicted octanol–water partition coefficient (Wildman–Crippen LogP) is 1.87. The maximum absolute atomic E-state index is 10.6. The molecule has 0 heterocycles. The van der Waals surface area contributed by atoms with Gasteiger partial charge in [-0.3, -0.25) is 4.79 Å². The highest BCUT2D eigenvalue weighted by Crippen LogP contribution is 2.16. The Hall–Kier alpha value is -1.06. The van der Waals surface area contributed by atoms with Crippen LogP contribution in [0, 0.1) is 6.92 Å². The second kappa shape index (κ2) is 6.51. The molecule has 0 aliphatic rings. The lowest BCUT2D eigenvalue weighted by atomic mass is 10.1. The Kier molecular flexibility index (Phi) is 5.29. The van der Waals surface area contributed by atoms with Gasteiger partial charge in [-0.25, -0.2) is 0 Å². The molecule has 0 saturated carbocycles. The summed E-state index contributed by atoms with van der Waals surface area (Å²) < 4.78 is 0. The van der Waals surface area contributed by atoms with Gasteiger partial charge in [-0.05, 0) is 24.1 Å². The van der Waals surface area contributed by atoms with Gasteiger partial charge in [0.15, 0.2) is 0 Å². The summed E-state index contributed by atoms with van der Waals surface area (Å²) >= 11 is 6.01. The van der Waals surface area contributed by atoms with Gasteiger partial charge in [0.2, 0.25) is 5.91 Å². The summed E-state index contributed by atoms with van der Waals surface area (Å²) in [6.07, 6.45) is 0. The summed E-state index contributed by atoms with van der Waals surface area (Å²) in [4.78, 5) is 10.6. The molecule has 0 radical (unpaired) electrons. The Morgan fingerprint density at radius 2 is 2.12 bits per heavy atom. The number of hydrogen-bond donors (Lipinski definition) is 2. The van der Waals surface area contributed by atoms with Crippen molar-refractivity contribution in [3.8, 4) is 0 Å². The molecule has 0 aliphatic heterocycles. The topological polar surface area (TPSA) is 41.1 Å². The Morgan fingerprint density at radius 3 is 2.75 bits per heavy atom. The Labute approximate surface area is 101 Å². The summed E-state index contributed by atoms with van der Waals surface area (Å²) in [5.41, 5.74) is 2.24. The van der Waals surface area contributed by atoms with Crippen LogP contribution in [0.5, 0.6) is 0 Å². The molecule has 4 heteroatoms. The van der Waals surface area contributed by atoms with Gasteiger partial charge in [-0.1, -0.05) is 23.7 Å². The average molecular weight is 241 g/mol. The van der Waals surface area contributed by atoms with E-state index >= 15 is 0 Å². The lowest BCUT2D eigenvalue weighted by Crippen LogP contribution is -2.29. The molecule has 0 saturated heterocycles. The Balaban J connectivity index is 2.27. The van der Waals surface area contributed by atoms with Crippen molar-refractivity contribution in [3.63, 3.8) is 0 Å². The summed E-state index contributed by atoms with van der Waals surface area (Å²) in [5.74, 6) is 0.000167. The first-order valence-corrected chi connectivity index (χ1v) is 5.67. The van der Waals surface area contributed by atoms with Crippen LogP contribution in [0.25, 0.3) is 0 Å². The van der Waals surface area contributed by atoms with Crippen molar-refractivity contribution in [1.82, 2.24) is 10.6 Å². The van der Waals surface area contributed by atoms with Gasteiger partial charge in [-0.15, -0.1) is 0 Å². The highest BCUT2D eigenvalue weighted by atomic mass is 35.5. The number of carbonyl (C=O) groups excluding carboxylic acids is 1. The molecule has 2 N–H and O–H groups in total. The SMILES string of the molecule is CC(=O)NCCNCc1ccc(C)c(Cl)c1. The first kappa shape index (κ1) is 13.0. The first-order chi connectivity index (χ1) is 7.59. The number of nitrogens with one attached hydrogen (secondary N) is 2. The van der Waals surface area contributed by atoms with E-state index in [4.69, 9.17) is 11.6 Å². The van der Waals surface area contributed by atoms with Gasteiger partial charge in [0, 0.05) is 31.6 Å². The van der Waals surface area contributed by atoms with Gasteiger partial charge in [0.05, 0.1) is 0 Å². The van der Waals surface area contributed by atoms with Crippen LogP contribution >= 0.6 is 11.6 Å². The zero-order valence-corrected chi connectivity index (χ0v) is 10.4. The Morgan fingerprint density at radius 1 is 1.38 bits per heavy atom. The van der Waals surface area contributed by atoms with Crippen LogP contribution < -0.4 is 10.6 Å². The quantitative estimate of drug-likeness (QED) is 0.772. The molecule has 1 aromatic rings. The molecule has 0 aliphatic carbocycles. The van der Waals surface area contributed by atoms with E-state index in [1.807, 2.05) is 25.1 Å². The number of carbonyl (C=O) groups is 1. The molecule has 88 valence electrons. The number of aryl methyl sites for hydroxylation is 1. The number of hydrogen-bond acceptors (Lipinski definition) is 2. The molecule has 3 nitrogen and oxygen atoms in total. The smallest absolute Gasteiger partial charge is 0.216 e. The van der Waals surface area contributed by atoms with Gasteiger partial charge in [0.25, 0.3) is 0 Å². The van der Waals surface area contributed by atoms with E-state index < -0.39 is 0 Å². The van der Waals surface area contributed by atoms with Crippen LogP contribution in [0.4, 0.5) is 0 Å². The highest BCUT2D eigenvalue weighted by Gasteiger charge is 1.97. The molecule has 16 heavy (non-hydrogen) atoms. The highest BCUT2D eigenvalue weighted by molar-refractivity contribution is 6.31. The predicted molar refractivity (Wildman–Crippen MR) is 66.6 cm³/mol. The molecule has 0 bridgehead atoms. The molecule has 1 amide bonds. The lowest BCUT2D eigenvalue weighted by Gasteiger charge is -2.06. The van der Waals surface area contributed by atoms with Gasteiger partial charge < -0.3 is 10.6 Å². The van der Waals surface area contributed by atoms with E-state index in [2.05, 4.69) is 10.6 Å². The van der Waals surface area contributed by atoms with E-state index in [9.17, 15) is 4.79 Å². The fourth-order valence-corrected chi connectivity index (χ4v) is 1.51. The van der Waals surface area contributed by atoms with E-state index in [0.717, 1.165) is 29.2 Å². The minimum Gasteiger partial charge on any atom is -0.355 e. The monoisotopic (exact) mass is 240 g/mol. The van der Waals surface area contributed by atoms with Crippen LogP contribution in [-0.4, -0.2) is 19.0 Å². The summed E-state index contributed by atoms with van der Waals surface area (Å²) in [6.45, 7) is 5.66. The first-order valence-electron chi connectivity index (χ1n) is 5.30. The molecular formula is C12H17ClN2O. The van der Waals surface area contributed by atoms with Crippen LogP contribution in [0.3, 0.4) is 0 Å². The summed E-state index contributed by atoms with van der Waals surface area (Å²) in [6, 6.07) is 6.02. The minimum absolute atomic E-state index is 0.000167. The minimum atomic E-state index is 0.000167. The largest absolute Gasteiger partial charge is 0.355 e. The average Bonchev–Trinajstić information content (AvgIpc) is 2.22. The lowest BCUT2D eigenvalue weighted by molar-refractivity contribution is -0.118. The van der Waals surface area contributed by atoms with Crippen molar-refractivity contribution in [1.29, 1.82) is 0 Å². The van der Waals surface area contributed by atoms with E-state index in [0.29, 0.717) is 6.54 Å². The maximum atomic E-state index is 10.6. The number of amides is 1. The second-order valence-corrected chi connectivity index (χ2v) is 4.15. The van der Waals surface area contributed by atoms with Crippen molar-refractivity contribution in [2.75, 3.05) is 13.1 Å². The normalized spacial score (nSPS) is 10.2. The standard InChI is InChI=1S/C12H17ClN2O/c1-9-3-4-11(7-12(9)13)8-14-5-6-15-10(2)16/h3-4,7,14H,5-6,8H2,1-2H3,(H,15,16). The van der Waals surface area contributed by atoms with Crippen LogP contribution in [0.1, 0.15) is 18.1 Å². The molecular weight excluding hydrogens is 224 g/mol. The van der Waals surface area contributed by atoms with Gasteiger partial charge in [0.1, 0.15) is 0 Å². The number of rotatable bonds is 5. The molecule has 0 aromatic heterocycles. The van der Waals surface area contributed by atoms with E-state index in [-0.39, 0.29) is 5.91 Å². The summed E-state index contributed by atoms with van der Waals surface area (Å²) in [5, 5.41) is 6.75. The fourth-order valence-electron chi connectivity index (χ4n) is 1.31. The second-order valence-electron chi connectivity index (χ2n) is 3.74. The number of benzene rings is 1. The van der Waals surface area contributed by atoms with Gasteiger partial charge in [-0.2, -0.15) is 0 Å². The zero-order valence-electron chi connectivity index (χ0n) is 9.64. The van der Waals surface area contributed by atoms with Crippen LogP contribution in [0.15, 0.2) is 18.2 Å². The van der Waals surface area contributed by atoms with Gasteiger partial charge >= 0.3 is 0 Å². The summed E-state index contributed by atoms with van der Waals surface area (Å²) in [7, 11) is 0. The molecule has 0 atom stereocenters. The van der Waals surface area contributed by atoms with E-state index in [1.165, 1.54) is 6.92 Å². The third kappa shape index (κ3) is 4.64. The van der Waals surface area contributed by atoms with Crippen LogP contribution in [-0.2, 0) is 11.3 Å². The van der Waals surface area contributed by atoms with Crippen molar-refractivity contribution in [3.05, 3.63) is 34.3 Å². The van der Waals surface area contributed by atoms with Crippen LogP contribution in [0.2, 0.25) is 5.02 Å². The fraction of sp³-hybridized carbons (Fsp3) is 0.417. The Bertz CT molecular complexity index is 366. The van der Waals surface area contributed by atoms with E-state index in [1.54, 1.807) is 0 Å². The number of halogens is 1. The third-order valence-electron chi connectivity index (χ3n) is 2.24. The van der Waals surface area contributed by atoms with Crippen molar-refractivity contribution < 1.29 is 4.79 Å². The molecule has 0 fully saturated rings. The third-order valence-corrected chi connectivity index (χ3v) is 2.65. The molecule has 0 spiro atoms. The maximum Gasteiger partial charge on any atom is 0.216 e.